The number of amides is 1. The quantitative estimate of drug-likeness (QED) is 0.235. The molecule has 0 aliphatic rings. The van der Waals surface area contributed by atoms with Gasteiger partial charge in [-0.15, -0.1) is 0 Å². The van der Waals surface area contributed by atoms with E-state index in [1.807, 2.05) is 60.7 Å². The van der Waals surface area contributed by atoms with Gasteiger partial charge in [-0.1, -0.05) is 67.6 Å². The molecular formula is C33H43NO9S. The fourth-order valence-electron chi connectivity index (χ4n) is 4.33. The lowest BCUT2D eigenvalue weighted by molar-refractivity contribution is -0.157. The van der Waals surface area contributed by atoms with Gasteiger partial charge in [-0.3, -0.25) is 28.2 Å². The first-order chi connectivity index (χ1) is 20.7. The summed E-state index contributed by atoms with van der Waals surface area (Å²) in [4.78, 5) is 62.7. The maximum Gasteiger partial charge on any atom is 0.310 e. The van der Waals surface area contributed by atoms with Crippen LogP contribution in [0.1, 0.15) is 58.1 Å². The van der Waals surface area contributed by atoms with Crippen LogP contribution in [0.25, 0.3) is 0 Å². The summed E-state index contributed by atoms with van der Waals surface area (Å²) < 4.78 is 23.1. The first kappa shape index (κ1) is 36.3. The van der Waals surface area contributed by atoms with Crippen LogP contribution in [0.2, 0.25) is 0 Å². The number of carbonyl (C=O) groups is 5. The molecule has 0 bridgehead atoms. The van der Waals surface area contributed by atoms with Crippen molar-refractivity contribution in [2.45, 2.75) is 71.4 Å². The summed E-state index contributed by atoms with van der Waals surface area (Å²) in [5, 5.41) is 11.3. The van der Waals surface area contributed by atoms with Gasteiger partial charge in [0.25, 0.3) is 0 Å². The van der Waals surface area contributed by atoms with Crippen molar-refractivity contribution in [1.29, 1.82) is 0 Å². The third kappa shape index (κ3) is 14.5. The van der Waals surface area contributed by atoms with Crippen molar-refractivity contribution >= 4 is 40.4 Å². The maximum absolute atomic E-state index is 13.3. The predicted octanol–water partition coefficient (Wildman–Crippen LogP) is 3.67. The van der Waals surface area contributed by atoms with E-state index in [1.165, 1.54) is 6.92 Å². The van der Waals surface area contributed by atoms with E-state index >= 15 is 0 Å². The van der Waals surface area contributed by atoms with Gasteiger partial charge < -0.3 is 19.9 Å². The molecular weight excluding hydrogens is 586 g/mol. The van der Waals surface area contributed by atoms with Crippen molar-refractivity contribution in [2.24, 2.45) is 11.8 Å². The van der Waals surface area contributed by atoms with Crippen molar-refractivity contribution in [2.75, 3.05) is 18.1 Å². The molecule has 0 saturated heterocycles. The summed E-state index contributed by atoms with van der Waals surface area (Å²) in [6.07, 6.45) is 0.376. The Balaban J connectivity index is 2.10. The van der Waals surface area contributed by atoms with E-state index in [9.17, 15) is 28.2 Å². The molecule has 1 amide bonds. The number of carboxylic acid groups (broad SMARTS) is 1. The summed E-state index contributed by atoms with van der Waals surface area (Å²) in [5.41, 5.74) is 1.03. The Labute approximate surface area is 261 Å². The molecule has 240 valence electrons. The van der Waals surface area contributed by atoms with Gasteiger partial charge in [0.05, 0.1) is 12.3 Å². The first-order valence-electron chi connectivity index (χ1n) is 14.6. The highest BCUT2D eigenvalue weighted by Crippen LogP contribution is 2.17. The Morgan fingerprint density at radius 1 is 0.909 bits per heavy atom. The van der Waals surface area contributed by atoms with Crippen LogP contribution in [-0.2, 0) is 57.1 Å². The van der Waals surface area contributed by atoms with Crippen LogP contribution < -0.4 is 5.32 Å². The number of rotatable bonds is 18. The van der Waals surface area contributed by atoms with E-state index in [0.717, 1.165) is 11.1 Å². The van der Waals surface area contributed by atoms with Crippen molar-refractivity contribution in [3.05, 3.63) is 71.8 Å². The second kappa shape index (κ2) is 18.1. The summed E-state index contributed by atoms with van der Waals surface area (Å²) >= 11 is 0. The van der Waals surface area contributed by atoms with E-state index in [4.69, 9.17) is 14.6 Å². The number of carboxylic acids is 1. The average molecular weight is 630 g/mol. The Morgan fingerprint density at radius 2 is 1.45 bits per heavy atom. The van der Waals surface area contributed by atoms with Gasteiger partial charge >= 0.3 is 17.9 Å². The SMILES string of the molecule is CC(CS(=O)CCCC(=O)O)C(=O)NC(CC(=O)OC(C)(C)C)C(=O)COC(=O)C(Cc1ccccc1)Cc1ccccc1. The molecule has 3 unspecified atom stereocenters. The topological polar surface area (TPSA) is 153 Å². The number of ether oxygens (including phenoxy) is 2. The highest BCUT2D eigenvalue weighted by molar-refractivity contribution is 7.85. The summed E-state index contributed by atoms with van der Waals surface area (Å²) in [6.45, 7) is 5.87. The molecule has 2 aromatic rings. The van der Waals surface area contributed by atoms with Gasteiger partial charge in [0.2, 0.25) is 5.91 Å². The molecule has 0 aliphatic carbocycles. The fraction of sp³-hybridized carbons (Fsp3) is 0.485. The average Bonchev–Trinajstić information content (AvgIpc) is 2.94. The zero-order valence-corrected chi connectivity index (χ0v) is 26.6. The largest absolute Gasteiger partial charge is 0.481 e. The van der Waals surface area contributed by atoms with E-state index in [0.29, 0.717) is 12.8 Å². The normalized spacial score (nSPS) is 13.4. The summed E-state index contributed by atoms with van der Waals surface area (Å²) in [7, 11) is -1.46. The number of ketones is 1. The van der Waals surface area contributed by atoms with E-state index in [-0.39, 0.29) is 24.3 Å². The van der Waals surface area contributed by atoms with Crippen LogP contribution in [0.4, 0.5) is 0 Å². The highest BCUT2D eigenvalue weighted by Gasteiger charge is 2.30. The zero-order valence-electron chi connectivity index (χ0n) is 25.8. The molecule has 44 heavy (non-hydrogen) atoms. The fourth-order valence-corrected chi connectivity index (χ4v) is 5.67. The van der Waals surface area contributed by atoms with Gasteiger partial charge in [0.15, 0.2) is 12.4 Å². The number of nitrogens with one attached hydrogen (secondary N) is 1. The van der Waals surface area contributed by atoms with Gasteiger partial charge in [-0.2, -0.15) is 0 Å². The van der Waals surface area contributed by atoms with Crippen molar-refractivity contribution < 1.29 is 42.8 Å². The van der Waals surface area contributed by atoms with Crippen LogP contribution in [0, 0.1) is 11.8 Å². The van der Waals surface area contributed by atoms with Gasteiger partial charge in [-0.25, -0.2) is 0 Å². The van der Waals surface area contributed by atoms with Crippen molar-refractivity contribution in [3.8, 4) is 0 Å². The molecule has 10 nitrogen and oxygen atoms in total. The lowest BCUT2D eigenvalue weighted by atomic mass is 9.92. The van der Waals surface area contributed by atoms with E-state index in [1.54, 1.807) is 20.8 Å². The van der Waals surface area contributed by atoms with Crippen LogP contribution >= 0.6 is 0 Å². The molecule has 0 heterocycles. The standard InChI is InChI=1S/C33H43NO9S/c1-23(22-44(41)17-11-16-29(36)37)31(39)34-27(20-30(38)43-33(2,3)4)28(35)21-42-32(40)26(18-24-12-7-5-8-13-24)19-25-14-9-6-10-15-25/h5-10,12-15,23,26-27H,11,16-22H2,1-4H3,(H,34,39)(H,36,37). The zero-order chi connectivity index (χ0) is 32.7. The smallest absolute Gasteiger partial charge is 0.310 e. The molecule has 2 rings (SSSR count). The Hall–Kier alpha value is -3.86. The lowest BCUT2D eigenvalue weighted by Gasteiger charge is -2.23. The Kier molecular flexibility index (Phi) is 14.9. The number of aliphatic carboxylic acids is 1. The monoisotopic (exact) mass is 629 g/mol. The third-order valence-electron chi connectivity index (χ3n) is 6.48. The van der Waals surface area contributed by atoms with Crippen LogP contribution in [0.15, 0.2) is 60.7 Å². The van der Waals surface area contributed by atoms with E-state index in [2.05, 4.69) is 5.32 Å². The summed E-state index contributed by atoms with van der Waals surface area (Å²) in [6, 6.07) is 17.5. The Bertz CT molecular complexity index is 1230. The number of benzene rings is 2. The first-order valence-corrected chi connectivity index (χ1v) is 16.1. The minimum Gasteiger partial charge on any atom is -0.481 e. The molecule has 0 fully saturated rings. The third-order valence-corrected chi connectivity index (χ3v) is 8.10. The highest BCUT2D eigenvalue weighted by atomic mass is 32.2. The van der Waals surface area contributed by atoms with Crippen LogP contribution in [-0.4, -0.2) is 68.7 Å². The van der Waals surface area contributed by atoms with Crippen molar-refractivity contribution in [1.82, 2.24) is 5.32 Å². The molecule has 3 atom stereocenters. The van der Waals surface area contributed by atoms with Gasteiger partial charge in [-0.05, 0) is 51.2 Å². The molecule has 2 N–H and O–H groups in total. The van der Waals surface area contributed by atoms with Crippen LogP contribution in [0.3, 0.4) is 0 Å². The van der Waals surface area contributed by atoms with E-state index < -0.39 is 76.9 Å². The summed E-state index contributed by atoms with van der Waals surface area (Å²) in [5.74, 6) is -4.91. The van der Waals surface area contributed by atoms with Gasteiger partial charge in [0.1, 0.15) is 11.6 Å². The van der Waals surface area contributed by atoms with Crippen LogP contribution in [0.5, 0.6) is 0 Å². The molecule has 2 aromatic carbocycles. The van der Waals surface area contributed by atoms with Crippen molar-refractivity contribution in [3.63, 3.8) is 0 Å². The molecule has 0 spiro atoms. The predicted molar refractivity (Wildman–Crippen MR) is 166 cm³/mol. The minimum atomic E-state index is -1.46. The lowest BCUT2D eigenvalue weighted by Crippen LogP contribution is -2.47. The number of hydrogen-bond donors (Lipinski definition) is 2. The molecule has 0 aromatic heterocycles. The molecule has 0 radical (unpaired) electrons. The molecule has 0 aliphatic heterocycles. The van der Waals surface area contributed by atoms with Gasteiger partial charge in [0, 0.05) is 34.6 Å². The maximum atomic E-state index is 13.3. The second-order valence-electron chi connectivity index (χ2n) is 11.7. The number of Topliss-reactive ketones (excluding diaryl/α,β-unsaturated/α-hetero) is 1. The number of carbonyl (C=O) groups excluding carboxylic acids is 4. The molecule has 0 saturated carbocycles. The second-order valence-corrected chi connectivity index (χ2v) is 13.3. The number of hydrogen-bond acceptors (Lipinski definition) is 8. The minimum absolute atomic E-state index is 0.0472. The number of esters is 2. The Morgan fingerprint density at radius 3 is 1.95 bits per heavy atom. The molecule has 11 heteroatoms.